The molecule has 1 N–H and O–H groups in total. The average molecular weight is 324 g/mol. The Bertz CT molecular complexity index is 875. The fourth-order valence-corrected chi connectivity index (χ4v) is 3.15. The van der Waals surface area contributed by atoms with E-state index in [0.717, 1.165) is 5.56 Å². The summed E-state index contributed by atoms with van der Waals surface area (Å²) in [7, 11) is -3.71. The molecule has 0 aliphatic heterocycles. The Morgan fingerprint density at radius 1 is 1.10 bits per heavy atom. The van der Waals surface area contributed by atoms with Crippen LogP contribution in [0.5, 0.6) is 0 Å². The SMILES string of the molecule is O=S(=O)(NCc1ccc(Cl)cc1)c1cccc2nonc12. The van der Waals surface area contributed by atoms with Crippen molar-refractivity contribution in [1.82, 2.24) is 15.0 Å². The van der Waals surface area contributed by atoms with E-state index in [1.54, 1.807) is 36.4 Å². The summed E-state index contributed by atoms with van der Waals surface area (Å²) in [6.07, 6.45) is 0. The third-order valence-electron chi connectivity index (χ3n) is 2.92. The molecule has 1 heterocycles. The minimum absolute atomic E-state index is 0.0372. The standard InChI is InChI=1S/C13H10ClN3O3S/c14-10-6-4-9(5-7-10)8-15-21(18,19)12-3-1-2-11-13(12)17-20-16-11/h1-7,15H,8H2. The van der Waals surface area contributed by atoms with Crippen molar-refractivity contribution in [2.45, 2.75) is 11.4 Å². The van der Waals surface area contributed by atoms with Gasteiger partial charge in [0.2, 0.25) is 10.0 Å². The molecule has 0 fully saturated rings. The highest BCUT2D eigenvalue weighted by molar-refractivity contribution is 7.89. The highest BCUT2D eigenvalue weighted by Crippen LogP contribution is 2.19. The zero-order chi connectivity index (χ0) is 14.9. The second-order valence-electron chi connectivity index (χ2n) is 4.34. The number of hydrogen-bond acceptors (Lipinski definition) is 5. The Labute approximate surface area is 125 Å². The Balaban J connectivity index is 1.87. The number of hydrogen-bond donors (Lipinski definition) is 1. The highest BCUT2D eigenvalue weighted by Gasteiger charge is 2.19. The molecule has 0 aliphatic rings. The van der Waals surface area contributed by atoms with Gasteiger partial charge in [0.05, 0.1) is 0 Å². The van der Waals surface area contributed by atoms with Gasteiger partial charge in [0.25, 0.3) is 0 Å². The first-order valence-electron chi connectivity index (χ1n) is 6.02. The van der Waals surface area contributed by atoms with Gasteiger partial charge in [-0.1, -0.05) is 29.8 Å². The van der Waals surface area contributed by atoms with Crippen LogP contribution in [0.25, 0.3) is 11.0 Å². The maximum Gasteiger partial charge on any atom is 0.243 e. The van der Waals surface area contributed by atoms with E-state index >= 15 is 0 Å². The molecule has 0 radical (unpaired) electrons. The minimum atomic E-state index is -3.71. The molecule has 0 bridgehead atoms. The molecule has 0 spiro atoms. The predicted molar refractivity (Wildman–Crippen MR) is 77.3 cm³/mol. The molecule has 2 aromatic carbocycles. The number of nitrogens with one attached hydrogen (secondary N) is 1. The van der Waals surface area contributed by atoms with Crippen LogP contribution in [0.3, 0.4) is 0 Å². The second kappa shape index (κ2) is 5.44. The summed E-state index contributed by atoms with van der Waals surface area (Å²) in [6.45, 7) is 0.154. The van der Waals surface area contributed by atoms with E-state index < -0.39 is 10.0 Å². The topological polar surface area (TPSA) is 85.1 Å². The van der Waals surface area contributed by atoms with Crippen molar-refractivity contribution in [3.63, 3.8) is 0 Å². The number of halogens is 1. The fraction of sp³-hybridized carbons (Fsp3) is 0.0769. The Kier molecular flexibility index (Phi) is 3.62. The summed E-state index contributed by atoms with van der Waals surface area (Å²) in [5.41, 5.74) is 1.40. The monoisotopic (exact) mass is 323 g/mol. The molecule has 0 atom stereocenters. The second-order valence-corrected chi connectivity index (χ2v) is 6.51. The molecule has 0 amide bonds. The molecule has 108 valence electrons. The molecular weight excluding hydrogens is 314 g/mol. The molecule has 0 unspecified atom stereocenters. The van der Waals surface area contributed by atoms with Crippen LogP contribution in [0.2, 0.25) is 5.02 Å². The van der Waals surface area contributed by atoms with Crippen LogP contribution in [-0.4, -0.2) is 18.7 Å². The zero-order valence-electron chi connectivity index (χ0n) is 10.7. The Morgan fingerprint density at radius 2 is 1.86 bits per heavy atom. The van der Waals surface area contributed by atoms with Gasteiger partial charge in [-0.25, -0.2) is 17.8 Å². The number of aromatic nitrogens is 2. The highest BCUT2D eigenvalue weighted by atomic mass is 35.5. The number of fused-ring (bicyclic) bond motifs is 1. The van der Waals surface area contributed by atoms with Crippen molar-refractivity contribution in [2.24, 2.45) is 0 Å². The van der Waals surface area contributed by atoms with Crippen LogP contribution in [0.15, 0.2) is 52.0 Å². The number of benzene rings is 2. The lowest BCUT2D eigenvalue weighted by Gasteiger charge is -2.07. The van der Waals surface area contributed by atoms with Gasteiger partial charge in [-0.05, 0) is 40.1 Å². The third-order valence-corrected chi connectivity index (χ3v) is 4.60. The van der Waals surface area contributed by atoms with Gasteiger partial charge in [-0.3, -0.25) is 0 Å². The quantitative estimate of drug-likeness (QED) is 0.796. The van der Waals surface area contributed by atoms with E-state index in [1.807, 2.05) is 0 Å². The van der Waals surface area contributed by atoms with Gasteiger partial charge in [0.15, 0.2) is 5.52 Å². The lowest BCUT2D eigenvalue weighted by molar-refractivity contribution is 0.315. The van der Waals surface area contributed by atoms with Crippen molar-refractivity contribution in [2.75, 3.05) is 0 Å². The van der Waals surface area contributed by atoms with Crippen LogP contribution in [0.1, 0.15) is 5.56 Å². The summed E-state index contributed by atoms with van der Waals surface area (Å²) >= 11 is 5.79. The van der Waals surface area contributed by atoms with E-state index in [4.69, 9.17) is 11.6 Å². The van der Waals surface area contributed by atoms with Crippen LogP contribution < -0.4 is 4.72 Å². The molecule has 1 aromatic heterocycles. The number of nitrogens with zero attached hydrogens (tertiary/aromatic N) is 2. The lowest BCUT2D eigenvalue weighted by atomic mass is 10.2. The van der Waals surface area contributed by atoms with E-state index in [-0.39, 0.29) is 17.0 Å². The lowest BCUT2D eigenvalue weighted by Crippen LogP contribution is -2.23. The van der Waals surface area contributed by atoms with Crippen molar-refractivity contribution in [3.05, 3.63) is 53.1 Å². The van der Waals surface area contributed by atoms with Crippen LogP contribution in [0, 0.1) is 0 Å². The summed E-state index contributed by atoms with van der Waals surface area (Å²) in [5.74, 6) is 0. The van der Waals surface area contributed by atoms with Gasteiger partial charge < -0.3 is 0 Å². The van der Waals surface area contributed by atoms with Gasteiger partial charge >= 0.3 is 0 Å². The average Bonchev–Trinajstić information content (AvgIpc) is 2.95. The Hall–Kier alpha value is -1.96. The summed E-state index contributed by atoms with van der Waals surface area (Å²) < 4.78 is 31.8. The zero-order valence-corrected chi connectivity index (χ0v) is 12.2. The molecule has 8 heteroatoms. The van der Waals surface area contributed by atoms with Crippen molar-refractivity contribution in [3.8, 4) is 0 Å². The van der Waals surface area contributed by atoms with Gasteiger partial charge in [-0.15, -0.1) is 0 Å². The Morgan fingerprint density at radius 3 is 2.62 bits per heavy atom. The first-order chi connectivity index (χ1) is 10.1. The fourth-order valence-electron chi connectivity index (χ4n) is 1.86. The van der Waals surface area contributed by atoms with E-state index in [9.17, 15) is 8.42 Å². The van der Waals surface area contributed by atoms with Crippen LogP contribution in [-0.2, 0) is 16.6 Å². The molecule has 21 heavy (non-hydrogen) atoms. The summed E-state index contributed by atoms with van der Waals surface area (Å²) in [6, 6.07) is 11.6. The molecule has 3 aromatic rings. The minimum Gasteiger partial charge on any atom is -0.243 e. The smallest absolute Gasteiger partial charge is 0.243 e. The van der Waals surface area contributed by atoms with Crippen molar-refractivity contribution < 1.29 is 13.0 Å². The molecule has 6 nitrogen and oxygen atoms in total. The van der Waals surface area contributed by atoms with Crippen molar-refractivity contribution in [1.29, 1.82) is 0 Å². The van der Waals surface area contributed by atoms with Gasteiger partial charge in [-0.2, -0.15) is 0 Å². The number of rotatable bonds is 4. The molecule has 0 saturated heterocycles. The molecule has 0 saturated carbocycles. The molecule has 0 aliphatic carbocycles. The third kappa shape index (κ3) is 2.90. The van der Waals surface area contributed by atoms with E-state index in [2.05, 4.69) is 19.7 Å². The first kappa shape index (κ1) is 14.0. The van der Waals surface area contributed by atoms with E-state index in [0.29, 0.717) is 10.5 Å². The normalized spacial score (nSPS) is 11.9. The largest absolute Gasteiger partial charge is 0.243 e. The molecular formula is C13H10ClN3O3S. The van der Waals surface area contributed by atoms with Crippen LogP contribution >= 0.6 is 11.6 Å². The van der Waals surface area contributed by atoms with Crippen molar-refractivity contribution >= 4 is 32.7 Å². The maximum atomic E-state index is 12.3. The maximum absolute atomic E-state index is 12.3. The van der Waals surface area contributed by atoms with E-state index in [1.165, 1.54) is 6.07 Å². The van der Waals surface area contributed by atoms with Gasteiger partial charge in [0, 0.05) is 11.6 Å². The summed E-state index contributed by atoms with van der Waals surface area (Å²) in [4.78, 5) is 0.0372. The predicted octanol–water partition coefficient (Wildman–Crippen LogP) is 2.35. The van der Waals surface area contributed by atoms with Gasteiger partial charge in [0.1, 0.15) is 10.4 Å². The first-order valence-corrected chi connectivity index (χ1v) is 7.88. The number of sulfonamides is 1. The molecule has 3 rings (SSSR count). The van der Waals surface area contributed by atoms with Crippen LogP contribution in [0.4, 0.5) is 0 Å². The summed E-state index contributed by atoms with van der Waals surface area (Å²) in [5, 5.41) is 7.85.